The molecule has 1 aromatic carbocycles. The van der Waals surface area contributed by atoms with Crippen LogP contribution in [0.25, 0.3) is 11.3 Å². The molecule has 8 heteroatoms. The summed E-state index contributed by atoms with van der Waals surface area (Å²) in [5, 5.41) is 31.4. The van der Waals surface area contributed by atoms with Crippen molar-refractivity contribution in [2.24, 2.45) is 5.92 Å². The minimum atomic E-state index is -0.747. The molecule has 142 valence electrons. The van der Waals surface area contributed by atoms with Crippen LogP contribution in [-0.4, -0.2) is 44.0 Å². The zero-order valence-corrected chi connectivity index (χ0v) is 15.1. The van der Waals surface area contributed by atoms with Crippen molar-refractivity contribution in [3.63, 3.8) is 0 Å². The lowest BCUT2D eigenvalue weighted by Crippen LogP contribution is -2.31. The number of rotatable bonds is 4. The van der Waals surface area contributed by atoms with Crippen molar-refractivity contribution >= 4 is 11.9 Å². The second-order valence-electron chi connectivity index (χ2n) is 7.15. The number of nitrogens with zero attached hydrogens (tertiary/aromatic N) is 3. The van der Waals surface area contributed by atoms with E-state index < -0.39 is 5.97 Å². The Kier molecular flexibility index (Phi) is 4.55. The Bertz CT molecular complexity index is 886. The number of carbonyl (C=O) groups is 1. The molecule has 8 nitrogen and oxygen atoms in total. The van der Waals surface area contributed by atoms with Crippen molar-refractivity contribution < 1.29 is 19.7 Å². The van der Waals surface area contributed by atoms with Gasteiger partial charge < -0.3 is 20.3 Å². The summed E-state index contributed by atoms with van der Waals surface area (Å²) in [4.78, 5) is 15.7. The highest BCUT2D eigenvalue weighted by atomic mass is 16.5. The molecule has 0 spiro atoms. The van der Waals surface area contributed by atoms with Gasteiger partial charge in [-0.3, -0.25) is 4.79 Å². The molecule has 0 saturated heterocycles. The van der Waals surface area contributed by atoms with Gasteiger partial charge in [0.1, 0.15) is 17.2 Å². The van der Waals surface area contributed by atoms with Gasteiger partial charge in [-0.25, -0.2) is 4.98 Å². The van der Waals surface area contributed by atoms with Crippen LogP contribution in [0.4, 0.5) is 5.95 Å². The summed E-state index contributed by atoms with van der Waals surface area (Å²) in [6.45, 7) is 2.39. The average molecular weight is 370 g/mol. The Morgan fingerprint density at radius 1 is 1.30 bits per heavy atom. The molecule has 2 heterocycles. The Morgan fingerprint density at radius 2 is 2.15 bits per heavy atom. The third-order valence-electron chi connectivity index (χ3n) is 5.32. The van der Waals surface area contributed by atoms with Gasteiger partial charge in [0.05, 0.1) is 18.2 Å². The van der Waals surface area contributed by atoms with E-state index in [0.717, 1.165) is 18.4 Å². The number of nitrogens with one attached hydrogen (secondary N) is 1. The van der Waals surface area contributed by atoms with Gasteiger partial charge in [0, 0.05) is 23.6 Å². The summed E-state index contributed by atoms with van der Waals surface area (Å²) in [7, 11) is 0. The molecule has 4 rings (SSSR count). The van der Waals surface area contributed by atoms with Crippen molar-refractivity contribution in [3.8, 4) is 22.8 Å². The van der Waals surface area contributed by atoms with Gasteiger partial charge in [0.15, 0.2) is 0 Å². The van der Waals surface area contributed by atoms with E-state index in [2.05, 4.69) is 20.5 Å². The van der Waals surface area contributed by atoms with Gasteiger partial charge in [-0.2, -0.15) is 0 Å². The summed E-state index contributed by atoms with van der Waals surface area (Å²) in [5.41, 5.74) is 2.55. The minimum Gasteiger partial charge on any atom is -0.507 e. The van der Waals surface area contributed by atoms with Crippen LogP contribution in [0.3, 0.4) is 0 Å². The van der Waals surface area contributed by atoms with E-state index in [9.17, 15) is 15.0 Å². The van der Waals surface area contributed by atoms with Gasteiger partial charge in [0.25, 0.3) is 0 Å². The monoisotopic (exact) mass is 370 g/mol. The van der Waals surface area contributed by atoms with Crippen LogP contribution in [-0.2, 0) is 11.2 Å². The first-order valence-electron chi connectivity index (χ1n) is 9.21. The molecule has 3 N–H and O–H groups in total. The van der Waals surface area contributed by atoms with Gasteiger partial charge in [-0.05, 0) is 38.3 Å². The fourth-order valence-electron chi connectivity index (χ4n) is 3.89. The Morgan fingerprint density at radius 3 is 2.93 bits per heavy atom. The average Bonchev–Trinajstić information content (AvgIpc) is 3.13. The van der Waals surface area contributed by atoms with Crippen molar-refractivity contribution in [3.05, 3.63) is 23.4 Å². The first kappa shape index (κ1) is 17.5. The third kappa shape index (κ3) is 3.39. The highest BCUT2D eigenvalue weighted by molar-refractivity contribution is 5.73. The standard InChI is InChI=1S/C19H22N4O4/c1-10-16(14-5-6-15-13(17(14)24)7-8-27-15)22-23-19(20-10)21-12-4-2-3-11(9-12)18(25)26/h5-6,11-12,24H,2-4,7-9H2,1H3,(H,25,26)(H,20,21,23)/t11-,12-/m1/s1. The zero-order valence-electron chi connectivity index (χ0n) is 15.1. The van der Waals surface area contributed by atoms with Gasteiger partial charge in [0.2, 0.25) is 5.95 Å². The summed E-state index contributed by atoms with van der Waals surface area (Å²) in [6, 6.07) is 3.63. The quantitative estimate of drug-likeness (QED) is 0.751. The molecule has 2 aliphatic rings. The van der Waals surface area contributed by atoms with Crippen LogP contribution in [0.1, 0.15) is 36.9 Å². The van der Waals surface area contributed by atoms with E-state index in [4.69, 9.17) is 4.74 Å². The smallest absolute Gasteiger partial charge is 0.306 e. The van der Waals surface area contributed by atoms with E-state index >= 15 is 0 Å². The molecule has 1 aromatic heterocycles. The number of phenols is 1. The van der Waals surface area contributed by atoms with Crippen molar-refractivity contribution in [2.45, 2.75) is 45.1 Å². The number of hydrogen-bond acceptors (Lipinski definition) is 7. The van der Waals surface area contributed by atoms with Gasteiger partial charge >= 0.3 is 5.97 Å². The minimum absolute atomic E-state index is 0.0254. The highest BCUT2D eigenvalue weighted by Gasteiger charge is 2.27. The lowest BCUT2D eigenvalue weighted by molar-refractivity contribution is -0.142. The first-order valence-corrected chi connectivity index (χ1v) is 9.21. The van der Waals surface area contributed by atoms with Gasteiger partial charge in [-0.1, -0.05) is 6.42 Å². The van der Waals surface area contributed by atoms with Crippen molar-refractivity contribution in [2.75, 3.05) is 11.9 Å². The van der Waals surface area contributed by atoms with Crippen LogP contribution < -0.4 is 10.1 Å². The highest BCUT2D eigenvalue weighted by Crippen LogP contribution is 2.40. The molecule has 1 fully saturated rings. The summed E-state index contributed by atoms with van der Waals surface area (Å²) in [6.07, 6.45) is 3.70. The maximum atomic E-state index is 11.2. The predicted octanol–water partition coefficient (Wildman–Crippen LogP) is 2.54. The molecule has 0 bridgehead atoms. The second kappa shape index (κ2) is 7.02. The SMILES string of the molecule is Cc1nc(N[C@@H]2CCC[C@@H](C(=O)O)C2)nnc1-c1ccc2c(c1O)CCO2. The third-order valence-corrected chi connectivity index (χ3v) is 5.32. The molecule has 2 aromatic rings. The molecule has 0 amide bonds. The molecular weight excluding hydrogens is 348 g/mol. The number of phenolic OH excluding ortho intramolecular Hbond substituents is 1. The molecule has 1 aliphatic carbocycles. The Balaban J connectivity index is 1.54. The predicted molar refractivity (Wildman–Crippen MR) is 97.9 cm³/mol. The Labute approximate surface area is 156 Å². The van der Waals surface area contributed by atoms with E-state index in [1.807, 2.05) is 13.0 Å². The molecule has 1 aliphatic heterocycles. The van der Waals surface area contributed by atoms with E-state index in [0.29, 0.717) is 54.5 Å². The Hall–Kier alpha value is -2.90. The number of anilines is 1. The fraction of sp³-hybridized carbons (Fsp3) is 0.474. The second-order valence-corrected chi connectivity index (χ2v) is 7.15. The molecule has 1 saturated carbocycles. The molecule has 0 unspecified atom stereocenters. The summed E-state index contributed by atoms with van der Waals surface area (Å²) < 4.78 is 5.47. The lowest BCUT2D eigenvalue weighted by Gasteiger charge is -2.27. The number of carboxylic acid groups (broad SMARTS) is 1. The fourth-order valence-corrected chi connectivity index (χ4v) is 3.89. The number of aromatic nitrogens is 3. The van der Waals surface area contributed by atoms with Crippen molar-refractivity contribution in [1.29, 1.82) is 0 Å². The lowest BCUT2D eigenvalue weighted by atomic mass is 9.86. The van der Waals surface area contributed by atoms with Crippen LogP contribution in [0.15, 0.2) is 12.1 Å². The van der Waals surface area contributed by atoms with E-state index in [1.54, 1.807) is 6.07 Å². The van der Waals surface area contributed by atoms with E-state index in [-0.39, 0.29) is 17.7 Å². The number of hydrogen-bond donors (Lipinski definition) is 3. The van der Waals surface area contributed by atoms with Crippen LogP contribution in [0, 0.1) is 12.8 Å². The van der Waals surface area contributed by atoms with Gasteiger partial charge in [-0.15, -0.1) is 10.2 Å². The zero-order chi connectivity index (χ0) is 19.0. The van der Waals surface area contributed by atoms with Crippen LogP contribution in [0.5, 0.6) is 11.5 Å². The number of benzene rings is 1. The number of aromatic hydroxyl groups is 1. The maximum Gasteiger partial charge on any atom is 0.306 e. The molecule has 27 heavy (non-hydrogen) atoms. The number of ether oxygens (including phenoxy) is 1. The van der Waals surface area contributed by atoms with Crippen LogP contribution >= 0.6 is 0 Å². The van der Waals surface area contributed by atoms with E-state index in [1.165, 1.54) is 0 Å². The molecular formula is C19H22N4O4. The largest absolute Gasteiger partial charge is 0.507 e. The first-order chi connectivity index (χ1) is 13.0. The number of carboxylic acids is 1. The molecule has 0 radical (unpaired) electrons. The number of fused-ring (bicyclic) bond motifs is 1. The summed E-state index contributed by atoms with van der Waals surface area (Å²) >= 11 is 0. The van der Waals surface area contributed by atoms with Crippen LogP contribution in [0.2, 0.25) is 0 Å². The summed E-state index contributed by atoms with van der Waals surface area (Å²) in [5.74, 6) is 0.189. The number of aliphatic carboxylic acids is 1. The normalized spacial score (nSPS) is 21.4. The topological polar surface area (TPSA) is 117 Å². The molecule has 2 atom stereocenters. The number of aryl methyl sites for hydroxylation is 1. The maximum absolute atomic E-state index is 11.2. The van der Waals surface area contributed by atoms with Crippen molar-refractivity contribution in [1.82, 2.24) is 15.2 Å².